The fraction of sp³-hybridized carbons (Fsp3) is 0.143. The molecule has 17 heavy (non-hydrogen) atoms. The van der Waals surface area contributed by atoms with Gasteiger partial charge in [-0.2, -0.15) is 0 Å². The van der Waals surface area contributed by atoms with E-state index < -0.39 is 0 Å². The molecule has 88 valence electrons. The van der Waals surface area contributed by atoms with Gasteiger partial charge in [-0.05, 0) is 48.4 Å². The number of halogens is 1. The molecule has 2 rings (SSSR count). The zero-order chi connectivity index (χ0) is 12.1. The molecule has 0 aliphatic carbocycles. The Kier molecular flexibility index (Phi) is 4.35. The Morgan fingerprint density at radius 1 is 1.06 bits per heavy atom. The maximum Gasteiger partial charge on any atom is 0.0408 e. The SMILES string of the molecule is Nc1ccc(SCCc2cccc(Cl)c2)cc1. The van der Waals surface area contributed by atoms with Gasteiger partial charge in [0.05, 0.1) is 0 Å². The van der Waals surface area contributed by atoms with Crippen molar-refractivity contribution >= 4 is 29.1 Å². The van der Waals surface area contributed by atoms with Crippen molar-refractivity contribution in [1.82, 2.24) is 0 Å². The standard InChI is InChI=1S/C14H14ClNS/c15-12-3-1-2-11(10-12)8-9-17-14-6-4-13(16)5-7-14/h1-7,10H,8-9,16H2. The molecule has 0 unspecified atom stereocenters. The largest absolute Gasteiger partial charge is 0.399 e. The molecule has 2 N–H and O–H groups in total. The molecule has 0 fully saturated rings. The molecule has 0 aromatic heterocycles. The number of hydrogen-bond acceptors (Lipinski definition) is 2. The summed E-state index contributed by atoms with van der Waals surface area (Å²) < 4.78 is 0. The molecule has 0 spiro atoms. The Hall–Kier alpha value is -1.12. The number of nitrogen functional groups attached to an aromatic ring is 1. The third-order valence-electron chi connectivity index (χ3n) is 2.43. The number of rotatable bonds is 4. The van der Waals surface area contributed by atoms with Gasteiger partial charge in [0, 0.05) is 21.4 Å². The van der Waals surface area contributed by atoms with Crippen LogP contribution in [-0.4, -0.2) is 5.75 Å². The highest BCUT2D eigenvalue weighted by Gasteiger charge is 1.97. The van der Waals surface area contributed by atoms with Gasteiger partial charge in [0.2, 0.25) is 0 Å². The number of benzene rings is 2. The second-order valence-electron chi connectivity index (χ2n) is 3.80. The van der Waals surface area contributed by atoms with E-state index in [-0.39, 0.29) is 0 Å². The summed E-state index contributed by atoms with van der Waals surface area (Å²) in [6.45, 7) is 0. The van der Waals surface area contributed by atoms with E-state index in [1.807, 2.05) is 42.1 Å². The van der Waals surface area contributed by atoms with Crippen molar-refractivity contribution in [2.24, 2.45) is 0 Å². The van der Waals surface area contributed by atoms with E-state index >= 15 is 0 Å². The van der Waals surface area contributed by atoms with E-state index in [0.29, 0.717) is 0 Å². The van der Waals surface area contributed by atoms with Gasteiger partial charge >= 0.3 is 0 Å². The zero-order valence-corrected chi connectivity index (χ0v) is 11.0. The Morgan fingerprint density at radius 3 is 2.53 bits per heavy atom. The Labute approximate surface area is 111 Å². The van der Waals surface area contributed by atoms with Gasteiger partial charge in [0.1, 0.15) is 0 Å². The summed E-state index contributed by atoms with van der Waals surface area (Å²) >= 11 is 7.77. The average Bonchev–Trinajstić information content (AvgIpc) is 2.32. The van der Waals surface area contributed by atoms with E-state index in [9.17, 15) is 0 Å². The lowest BCUT2D eigenvalue weighted by molar-refractivity contribution is 1.15. The Morgan fingerprint density at radius 2 is 1.82 bits per heavy atom. The van der Waals surface area contributed by atoms with Crippen molar-refractivity contribution < 1.29 is 0 Å². The van der Waals surface area contributed by atoms with Crippen LogP contribution in [0.25, 0.3) is 0 Å². The van der Waals surface area contributed by atoms with E-state index in [4.69, 9.17) is 17.3 Å². The van der Waals surface area contributed by atoms with E-state index in [2.05, 4.69) is 18.2 Å². The van der Waals surface area contributed by atoms with Gasteiger partial charge in [0.25, 0.3) is 0 Å². The number of aryl methyl sites for hydroxylation is 1. The van der Waals surface area contributed by atoms with Gasteiger partial charge < -0.3 is 5.73 Å². The molecule has 2 aromatic rings. The molecular weight excluding hydrogens is 250 g/mol. The predicted molar refractivity (Wildman–Crippen MR) is 76.7 cm³/mol. The molecule has 1 nitrogen and oxygen atoms in total. The van der Waals surface area contributed by atoms with Gasteiger partial charge in [-0.3, -0.25) is 0 Å². The van der Waals surface area contributed by atoms with Crippen molar-refractivity contribution in [3.05, 3.63) is 59.1 Å². The second-order valence-corrected chi connectivity index (χ2v) is 5.40. The molecule has 0 atom stereocenters. The quantitative estimate of drug-likeness (QED) is 0.659. The molecule has 0 saturated carbocycles. The summed E-state index contributed by atoms with van der Waals surface area (Å²) in [5.41, 5.74) is 7.73. The highest BCUT2D eigenvalue weighted by Crippen LogP contribution is 2.21. The van der Waals surface area contributed by atoms with Crippen molar-refractivity contribution in [2.45, 2.75) is 11.3 Å². The van der Waals surface area contributed by atoms with Crippen molar-refractivity contribution in [1.29, 1.82) is 0 Å². The summed E-state index contributed by atoms with van der Waals surface area (Å²) in [6, 6.07) is 16.0. The summed E-state index contributed by atoms with van der Waals surface area (Å²) in [5.74, 6) is 1.05. The van der Waals surface area contributed by atoms with Crippen LogP contribution in [0.4, 0.5) is 5.69 Å². The lowest BCUT2D eigenvalue weighted by Gasteiger charge is -2.03. The zero-order valence-electron chi connectivity index (χ0n) is 9.40. The summed E-state index contributed by atoms with van der Waals surface area (Å²) in [6.07, 6.45) is 1.02. The number of anilines is 1. The van der Waals surface area contributed by atoms with Crippen LogP contribution < -0.4 is 5.73 Å². The van der Waals surface area contributed by atoms with E-state index in [0.717, 1.165) is 22.9 Å². The van der Waals surface area contributed by atoms with Crippen molar-refractivity contribution in [3.8, 4) is 0 Å². The third kappa shape index (κ3) is 3.99. The monoisotopic (exact) mass is 263 g/mol. The first-order valence-electron chi connectivity index (χ1n) is 5.47. The van der Waals surface area contributed by atoms with Crippen LogP contribution in [0.2, 0.25) is 5.02 Å². The fourth-order valence-corrected chi connectivity index (χ4v) is 2.66. The Bertz CT molecular complexity index is 482. The minimum absolute atomic E-state index is 0.806. The summed E-state index contributed by atoms with van der Waals surface area (Å²) in [5, 5.41) is 0.806. The maximum absolute atomic E-state index is 5.94. The molecule has 3 heteroatoms. The molecule has 0 heterocycles. The average molecular weight is 264 g/mol. The Balaban J connectivity index is 1.85. The normalized spacial score (nSPS) is 10.4. The number of nitrogens with two attached hydrogens (primary N) is 1. The molecule has 2 aromatic carbocycles. The van der Waals surface area contributed by atoms with Gasteiger partial charge in [-0.25, -0.2) is 0 Å². The minimum Gasteiger partial charge on any atom is -0.399 e. The molecule has 0 amide bonds. The van der Waals surface area contributed by atoms with Gasteiger partial charge in [-0.15, -0.1) is 11.8 Å². The predicted octanol–water partition coefficient (Wildman–Crippen LogP) is 4.26. The molecular formula is C14H14ClNS. The highest BCUT2D eigenvalue weighted by molar-refractivity contribution is 7.99. The van der Waals surface area contributed by atoms with Crippen molar-refractivity contribution in [2.75, 3.05) is 11.5 Å². The van der Waals surface area contributed by atoms with Gasteiger partial charge in [0.15, 0.2) is 0 Å². The molecule has 0 aliphatic heterocycles. The molecule has 0 bridgehead atoms. The summed E-state index contributed by atoms with van der Waals surface area (Å²) in [4.78, 5) is 1.25. The third-order valence-corrected chi connectivity index (χ3v) is 3.68. The fourth-order valence-electron chi connectivity index (χ4n) is 1.54. The second kappa shape index (κ2) is 5.99. The van der Waals surface area contributed by atoms with Crippen LogP contribution in [0.5, 0.6) is 0 Å². The minimum atomic E-state index is 0.806. The van der Waals surface area contributed by atoms with Crippen LogP contribution >= 0.6 is 23.4 Å². The first kappa shape index (κ1) is 12.3. The van der Waals surface area contributed by atoms with Crippen molar-refractivity contribution in [3.63, 3.8) is 0 Å². The smallest absolute Gasteiger partial charge is 0.0408 e. The maximum atomic E-state index is 5.94. The van der Waals surface area contributed by atoms with Crippen LogP contribution in [0.15, 0.2) is 53.4 Å². The first-order chi connectivity index (χ1) is 8.24. The topological polar surface area (TPSA) is 26.0 Å². The molecule has 0 radical (unpaired) electrons. The molecule has 0 saturated heterocycles. The van der Waals surface area contributed by atoms with E-state index in [1.54, 1.807) is 0 Å². The summed E-state index contributed by atoms with van der Waals surface area (Å²) in [7, 11) is 0. The lowest BCUT2D eigenvalue weighted by atomic mass is 10.2. The van der Waals surface area contributed by atoms with Crippen LogP contribution in [0.3, 0.4) is 0 Å². The number of thioether (sulfide) groups is 1. The molecule has 0 aliphatic rings. The van der Waals surface area contributed by atoms with Crippen LogP contribution in [0.1, 0.15) is 5.56 Å². The lowest BCUT2D eigenvalue weighted by Crippen LogP contribution is -1.88. The van der Waals surface area contributed by atoms with Crippen LogP contribution in [0, 0.1) is 0 Å². The number of hydrogen-bond donors (Lipinski definition) is 1. The highest BCUT2D eigenvalue weighted by atomic mass is 35.5. The van der Waals surface area contributed by atoms with E-state index in [1.165, 1.54) is 10.5 Å². The van der Waals surface area contributed by atoms with Crippen LogP contribution in [-0.2, 0) is 6.42 Å². The first-order valence-corrected chi connectivity index (χ1v) is 6.83. The van der Waals surface area contributed by atoms with Gasteiger partial charge in [-0.1, -0.05) is 23.7 Å².